The molecule has 2 heterocycles. The highest BCUT2D eigenvalue weighted by atomic mass is 16.8. The zero-order valence-corrected chi connectivity index (χ0v) is 37.8. The van der Waals surface area contributed by atoms with E-state index in [9.17, 15) is 60.0 Å². The summed E-state index contributed by atoms with van der Waals surface area (Å²) in [6, 6.07) is 19.9. The minimum Gasteiger partial charge on any atom is -0.508 e. The maximum absolute atomic E-state index is 13.5. The van der Waals surface area contributed by atoms with Gasteiger partial charge in [0.15, 0.2) is 35.4 Å². The number of carbonyl (C=O) groups is 4. The van der Waals surface area contributed by atoms with Crippen molar-refractivity contribution in [3.63, 3.8) is 0 Å². The Hall–Kier alpha value is -7.76. The van der Waals surface area contributed by atoms with Crippen molar-refractivity contribution in [3.8, 4) is 34.5 Å². The fraction of sp³-hybridized carbons (Fsp3) is 0.280. The van der Waals surface area contributed by atoms with Crippen LogP contribution in [0.5, 0.6) is 34.5 Å². The average Bonchev–Trinajstić information content (AvgIpc) is 3.62. The molecule has 0 unspecified atom stereocenters. The molecule has 0 radical (unpaired) electrons. The van der Waals surface area contributed by atoms with Crippen molar-refractivity contribution >= 4 is 48.2 Å². The second-order valence-corrected chi connectivity index (χ2v) is 15.7. The third-order valence-electron chi connectivity index (χ3n) is 10.7. The lowest BCUT2D eigenvalue weighted by molar-refractivity contribution is -0.383. The van der Waals surface area contributed by atoms with Crippen LogP contribution in [0.3, 0.4) is 0 Å². The summed E-state index contributed by atoms with van der Waals surface area (Å²) >= 11 is 0. The lowest BCUT2D eigenvalue weighted by atomic mass is 9.98. The number of phenolic OH excluding ortho intramolecular Hbond substituents is 4. The van der Waals surface area contributed by atoms with E-state index in [0.29, 0.717) is 22.3 Å². The van der Waals surface area contributed by atoms with Crippen molar-refractivity contribution in [2.24, 2.45) is 0 Å². The van der Waals surface area contributed by atoms with Crippen LogP contribution < -0.4 is 9.47 Å². The van der Waals surface area contributed by atoms with Crippen molar-refractivity contribution in [1.29, 1.82) is 0 Å². The molecule has 71 heavy (non-hydrogen) atoms. The molecule has 376 valence electrons. The molecule has 4 aromatic rings. The number of rotatable bonds is 19. The zero-order valence-electron chi connectivity index (χ0n) is 37.8. The van der Waals surface area contributed by atoms with Crippen LogP contribution in [-0.4, -0.2) is 154 Å². The van der Waals surface area contributed by atoms with Gasteiger partial charge in [-0.15, -0.1) is 0 Å². The van der Waals surface area contributed by atoms with E-state index in [2.05, 4.69) is 0 Å². The van der Waals surface area contributed by atoms with Crippen LogP contribution in [0.4, 0.5) is 0 Å². The van der Waals surface area contributed by atoms with Crippen LogP contribution in [0.2, 0.25) is 0 Å². The first-order chi connectivity index (χ1) is 34.0. The van der Waals surface area contributed by atoms with Gasteiger partial charge in [0.25, 0.3) is 0 Å². The number of aromatic hydroxyl groups is 4. The van der Waals surface area contributed by atoms with Gasteiger partial charge >= 0.3 is 23.9 Å². The fourth-order valence-electron chi connectivity index (χ4n) is 6.97. The summed E-state index contributed by atoms with van der Waals surface area (Å²) in [6.07, 6.45) is -6.40. The SMILES string of the molecule is COc1cc(/C=C/C(=O)OC[C@@H]2O[C@H](O[C@@]3(COC(=O)/C=C/c4ccc(O)c(OC)c4)O[C@H](COC(=O)/C=C/c4ccc(O)cc4)[C@@H](O)[C@@H]3OC(=O)/C=C/c3ccc(O)cc3)[C@@H](O)[C@H](O)[C@H]2O)ccc1O. The van der Waals surface area contributed by atoms with E-state index >= 15 is 0 Å². The number of aliphatic hydroxyl groups is 4. The average molecular weight is 987 g/mol. The summed E-state index contributed by atoms with van der Waals surface area (Å²) in [6.45, 7) is -2.62. The predicted octanol–water partition coefficient (Wildman–Crippen LogP) is 2.50. The van der Waals surface area contributed by atoms with E-state index in [0.717, 1.165) is 24.3 Å². The molecule has 0 aromatic heterocycles. The van der Waals surface area contributed by atoms with E-state index in [-0.39, 0.29) is 34.5 Å². The highest BCUT2D eigenvalue weighted by molar-refractivity contribution is 5.89. The smallest absolute Gasteiger partial charge is 0.331 e. The van der Waals surface area contributed by atoms with Crippen molar-refractivity contribution in [2.75, 3.05) is 34.0 Å². The molecule has 4 aromatic carbocycles. The largest absolute Gasteiger partial charge is 0.508 e. The molecule has 2 saturated heterocycles. The Labute approximate surface area is 404 Å². The Kier molecular flexibility index (Phi) is 17.9. The first-order valence-corrected chi connectivity index (χ1v) is 21.5. The molecule has 2 fully saturated rings. The number of carbonyl (C=O) groups excluding carboxylic acids is 4. The van der Waals surface area contributed by atoms with Gasteiger partial charge in [-0.05, 0) is 95.1 Å². The second kappa shape index (κ2) is 24.2. The molecular weight excluding hydrogens is 937 g/mol. The number of esters is 4. The Balaban J connectivity index is 1.28. The maximum atomic E-state index is 13.5. The van der Waals surface area contributed by atoms with Gasteiger partial charge in [0, 0.05) is 24.3 Å². The number of benzene rings is 4. The second-order valence-electron chi connectivity index (χ2n) is 15.7. The van der Waals surface area contributed by atoms with E-state index in [4.69, 9.17) is 42.6 Å². The van der Waals surface area contributed by atoms with Gasteiger partial charge in [0.1, 0.15) is 67.9 Å². The molecule has 0 saturated carbocycles. The molecule has 0 bridgehead atoms. The number of phenols is 4. The van der Waals surface area contributed by atoms with E-state index in [1.165, 1.54) is 123 Å². The van der Waals surface area contributed by atoms with Crippen LogP contribution >= 0.6 is 0 Å². The van der Waals surface area contributed by atoms with Crippen molar-refractivity contribution in [1.82, 2.24) is 0 Å². The monoisotopic (exact) mass is 986 g/mol. The third kappa shape index (κ3) is 14.2. The van der Waals surface area contributed by atoms with Crippen LogP contribution in [0.1, 0.15) is 22.3 Å². The van der Waals surface area contributed by atoms with Gasteiger partial charge in [-0.3, -0.25) is 0 Å². The van der Waals surface area contributed by atoms with Gasteiger partial charge < -0.3 is 83.5 Å². The highest BCUT2D eigenvalue weighted by Gasteiger charge is 2.62. The summed E-state index contributed by atoms with van der Waals surface area (Å²) in [5, 5.41) is 84.2. The molecule has 2 aliphatic rings. The molecule has 21 heteroatoms. The summed E-state index contributed by atoms with van der Waals surface area (Å²) in [7, 11) is 2.66. The Morgan fingerprint density at radius 3 is 1.46 bits per heavy atom. The van der Waals surface area contributed by atoms with Crippen molar-refractivity contribution in [3.05, 3.63) is 131 Å². The van der Waals surface area contributed by atoms with Crippen LogP contribution in [0.15, 0.2) is 109 Å². The number of hydrogen-bond donors (Lipinski definition) is 8. The molecule has 2 aliphatic heterocycles. The minimum atomic E-state index is -2.71. The molecule has 6 rings (SSSR count). The summed E-state index contributed by atoms with van der Waals surface area (Å²) in [4.78, 5) is 52.6. The summed E-state index contributed by atoms with van der Waals surface area (Å²) < 4.78 is 50.2. The number of methoxy groups -OCH3 is 2. The molecule has 21 nitrogen and oxygen atoms in total. The number of ether oxygens (including phenoxy) is 9. The Morgan fingerprint density at radius 2 is 0.972 bits per heavy atom. The molecule has 0 spiro atoms. The Bertz CT molecular complexity index is 2610. The first kappa shape index (κ1) is 52.6. The lowest BCUT2D eigenvalue weighted by Crippen LogP contribution is -2.63. The van der Waals surface area contributed by atoms with E-state index in [1.807, 2.05) is 0 Å². The summed E-state index contributed by atoms with van der Waals surface area (Å²) in [5.41, 5.74) is 1.74. The number of aliphatic hydroxyl groups excluding tert-OH is 4. The third-order valence-corrected chi connectivity index (χ3v) is 10.7. The van der Waals surface area contributed by atoms with Crippen molar-refractivity contribution < 1.29 is 103 Å². The predicted molar refractivity (Wildman–Crippen MR) is 246 cm³/mol. The molecule has 9 atom stereocenters. The van der Waals surface area contributed by atoms with E-state index in [1.54, 1.807) is 0 Å². The van der Waals surface area contributed by atoms with Gasteiger partial charge in [-0.2, -0.15) is 0 Å². The highest BCUT2D eigenvalue weighted by Crippen LogP contribution is 2.39. The van der Waals surface area contributed by atoms with Gasteiger partial charge in [-0.25, -0.2) is 19.2 Å². The van der Waals surface area contributed by atoms with Gasteiger partial charge in [0.2, 0.25) is 5.79 Å². The lowest BCUT2D eigenvalue weighted by Gasteiger charge is -2.43. The zero-order chi connectivity index (χ0) is 51.2. The van der Waals surface area contributed by atoms with Gasteiger partial charge in [-0.1, -0.05) is 36.4 Å². The normalized spacial score (nSPS) is 24.3. The fourth-order valence-corrected chi connectivity index (χ4v) is 6.97. The Morgan fingerprint density at radius 1 is 0.535 bits per heavy atom. The van der Waals surface area contributed by atoms with Gasteiger partial charge in [0.05, 0.1) is 14.2 Å². The topological polar surface area (TPSA) is 313 Å². The standard InChI is InChI=1S/C50H50O21/c1-63-36-23-30(7-17-34(36)53)11-20-41(56)65-25-38-44(59)46(61)47(62)49(68-38)71-50(27-67-42(57)21-12-31-8-18-35(54)37(24-31)64-2)48(69-43(58)22-10-29-5-15-33(52)16-6-29)45(60)39(70-50)26-66-40(55)19-9-28-3-13-32(51)14-4-28/h3-24,38-39,44-49,51-54,59-62H,25-27H2,1-2H3/b19-9+,20-11+,21-12+,22-10+/t38-,39+,44-,45+,46+,47-,48-,49+,50+/m0/s1. The quantitative estimate of drug-likeness (QED) is 0.0380. The molecular formula is C50H50O21. The molecule has 0 aliphatic carbocycles. The molecule has 0 amide bonds. The number of hydrogen-bond acceptors (Lipinski definition) is 21. The van der Waals surface area contributed by atoms with Crippen LogP contribution in [0, 0.1) is 0 Å². The first-order valence-electron chi connectivity index (χ1n) is 21.5. The van der Waals surface area contributed by atoms with E-state index < -0.39 is 98.5 Å². The van der Waals surface area contributed by atoms with Crippen LogP contribution in [0.25, 0.3) is 24.3 Å². The molecule has 8 N–H and O–H groups in total. The van der Waals surface area contributed by atoms with Crippen molar-refractivity contribution in [2.45, 2.75) is 54.8 Å². The van der Waals surface area contributed by atoms with Crippen LogP contribution in [-0.2, 0) is 52.3 Å². The summed E-state index contributed by atoms with van der Waals surface area (Å²) in [5.74, 6) is -7.02. The maximum Gasteiger partial charge on any atom is 0.331 e. The minimum absolute atomic E-state index is 0.0121.